The molecule has 4 heteroatoms. The zero-order valence-corrected chi connectivity index (χ0v) is 9.34. The van der Waals surface area contributed by atoms with Crippen LogP contribution in [0.5, 0.6) is 0 Å². The first-order chi connectivity index (χ1) is 6.36. The summed E-state index contributed by atoms with van der Waals surface area (Å²) >= 11 is 0. The van der Waals surface area contributed by atoms with Crippen LogP contribution >= 0.6 is 0 Å². The number of nitrogens with one attached hydrogen (secondary N) is 1. The average molecular weight is 200 g/mol. The van der Waals surface area contributed by atoms with E-state index in [1.165, 1.54) is 52.1 Å². The Morgan fingerprint density at radius 3 is 2.14 bits per heavy atom. The molecule has 0 spiro atoms. The lowest BCUT2D eigenvalue weighted by atomic mass is 10.0. The molecule has 0 aliphatic carbocycles. The molecule has 0 bridgehead atoms. The molecular weight excluding hydrogens is 176 g/mol. The van der Waals surface area contributed by atoms with E-state index in [4.69, 9.17) is 0 Å². The molecule has 2 heterocycles. The van der Waals surface area contributed by atoms with Crippen molar-refractivity contribution in [3.8, 4) is 0 Å². The van der Waals surface area contributed by atoms with Gasteiger partial charge in [0, 0.05) is 32.2 Å². The summed E-state index contributed by atoms with van der Waals surface area (Å²) in [5.74, 6) is 0. The van der Waals surface area contributed by atoms with E-state index in [-0.39, 0.29) is 6.15 Å². The Hall–Kier alpha value is -0.160. The summed E-state index contributed by atoms with van der Waals surface area (Å²) in [6.45, 7) is 7.50. The largest absolute Gasteiger partial charge is 0.344 e. The molecule has 2 saturated heterocycles. The lowest BCUT2D eigenvalue weighted by molar-refractivity contribution is 0.0948. The molecule has 2 aliphatic rings. The Kier molecular flexibility index (Phi) is 4.81. The minimum Gasteiger partial charge on any atom is -0.344 e. The van der Waals surface area contributed by atoms with Gasteiger partial charge in [0.05, 0.1) is 0 Å². The van der Waals surface area contributed by atoms with Gasteiger partial charge in [0.25, 0.3) is 0 Å². The second-order valence-corrected chi connectivity index (χ2v) is 4.32. The van der Waals surface area contributed by atoms with Crippen molar-refractivity contribution in [2.45, 2.75) is 18.9 Å². The smallest absolute Gasteiger partial charge is 0.0120 e. The van der Waals surface area contributed by atoms with E-state index in [9.17, 15) is 0 Å². The van der Waals surface area contributed by atoms with Gasteiger partial charge < -0.3 is 16.4 Å². The van der Waals surface area contributed by atoms with Crippen LogP contribution in [0.2, 0.25) is 0 Å². The van der Waals surface area contributed by atoms with Crippen LogP contribution in [-0.4, -0.2) is 62.2 Å². The van der Waals surface area contributed by atoms with E-state index >= 15 is 0 Å². The molecule has 4 nitrogen and oxygen atoms in total. The van der Waals surface area contributed by atoms with Crippen LogP contribution in [0.1, 0.15) is 12.8 Å². The third-order valence-electron chi connectivity index (χ3n) is 3.36. The number of nitrogens with zero attached hydrogens (tertiary/aromatic N) is 2. The maximum absolute atomic E-state index is 3.43. The fourth-order valence-corrected chi connectivity index (χ4v) is 2.36. The third-order valence-corrected chi connectivity index (χ3v) is 3.36. The molecule has 2 fully saturated rings. The van der Waals surface area contributed by atoms with Gasteiger partial charge in [0.2, 0.25) is 0 Å². The molecule has 4 N–H and O–H groups in total. The Balaban J connectivity index is 0.000000980. The summed E-state index contributed by atoms with van der Waals surface area (Å²) in [5.41, 5.74) is 0. The van der Waals surface area contributed by atoms with Crippen LogP contribution in [0, 0.1) is 0 Å². The average Bonchev–Trinajstić information content (AvgIpc) is 2.20. The van der Waals surface area contributed by atoms with Crippen molar-refractivity contribution >= 4 is 0 Å². The number of likely N-dealkylation sites (N-methyl/N-ethyl adjacent to an activating group) is 1. The number of hydrogen-bond acceptors (Lipinski definition) is 4. The normalized spacial score (nSPS) is 27.2. The maximum atomic E-state index is 3.43. The molecule has 2 rings (SSSR count). The Labute approximate surface area is 87.2 Å². The van der Waals surface area contributed by atoms with Crippen molar-refractivity contribution in [2.24, 2.45) is 0 Å². The van der Waals surface area contributed by atoms with Gasteiger partial charge in [-0.1, -0.05) is 0 Å². The second kappa shape index (κ2) is 5.66. The molecule has 0 saturated carbocycles. The summed E-state index contributed by atoms with van der Waals surface area (Å²) < 4.78 is 0. The van der Waals surface area contributed by atoms with Crippen molar-refractivity contribution < 1.29 is 0 Å². The van der Waals surface area contributed by atoms with Gasteiger partial charge in [-0.2, -0.15) is 0 Å². The van der Waals surface area contributed by atoms with Gasteiger partial charge in [0.15, 0.2) is 0 Å². The molecule has 0 unspecified atom stereocenters. The molecule has 0 aromatic heterocycles. The van der Waals surface area contributed by atoms with Crippen molar-refractivity contribution in [2.75, 3.05) is 46.3 Å². The fourth-order valence-electron chi connectivity index (χ4n) is 2.36. The molecule has 0 amide bonds. The SMILES string of the molecule is CN1CCN(C2CCNCC2)CC1.N. The first-order valence-electron chi connectivity index (χ1n) is 5.49. The van der Waals surface area contributed by atoms with Crippen molar-refractivity contribution in [3.05, 3.63) is 0 Å². The first-order valence-corrected chi connectivity index (χ1v) is 5.49. The number of piperazine rings is 1. The predicted octanol–water partition coefficient (Wildman–Crippen LogP) is 0.148. The van der Waals surface area contributed by atoms with E-state index in [1.54, 1.807) is 0 Å². The molecule has 0 atom stereocenters. The van der Waals surface area contributed by atoms with Gasteiger partial charge in [-0.15, -0.1) is 0 Å². The summed E-state index contributed by atoms with van der Waals surface area (Å²) in [6.07, 6.45) is 2.70. The van der Waals surface area contributed by atoms with Crippen LogP contribution in [0.3, 0.4) is 0 Å². The van der Waals surface area contributed by atoms with Crippen molar-refractivity contribution in [1.82, 2.24) is 21.3 Å². The highest BCUT2D eigenvalue weighted by Gasteiger charge is 2.23. The molecular formula is C10H24N4. The van der Waals surface area contributed by atoms with Crippen LogP contribution in [0.15, 0.2) is 0 Å². The zero-order valence-electron chi connectivity index (χ0n) is 9.34. The molecule has 0 aromatic carbocycles. The molecule has 14 heavy (non-hydrogen) atoms. The van der Waals surface area contributed by atoms with Crippen LogP contribution in [0.4, 0.5) is 0 Å². The fraction of sp³-hybridized carbons (Fsp3) is 1.00. The topological polar surface area (TPSA) is 53.5 Å². The minimum absolute atomic E-state index is 0. The Morgan fingerprint density at radius 2 is 1.57 bits per heavy atom. The van der Waals surface area contributed by atoms with E-state index in [2.05, 4.69) is 22.2 Å². The highest BCUT2D eigenvalue weighted by atomic mass is 15.3. The number of rotatable bonds is 1. The van der Waals surface area contributed by atoms with Crippen LogP contribution in [-0.2, 0) is 0 Å². The van der Waals surface area contributed by atoms with Crippen molar-refractivity contribution in [3.63, 3.8) is 0 Å². The zero-order chi connectivity index (χ0) is 9.10. The highest BCUT2D eigenvalue weighted by Crippen LogP contribution is 2.13. The first kappa shape index (κ1) is 11.9. The minimum atomic E-state index is 0. The van der Waals surface area contributed by atoms with E-state index in [0.29, 0.717) is 0 Å². The van der Waals surface area contributed by atoms with Crippen LogP contribution in [0.25, 0.3) is 0 Å². The lowest BCUT2D eigenvalue weighted by Gasteiger charge is -2.39. The quantitative estimate of drug-likeness (QED) is 0.632. The van der Waals surface area contributed by atoms with E-state index in [0.717, 1.165) is 6.04 Å². The summed E-state index contributed by atoms with van der Waals surface area (Å²) in [4.78, 5) is 5.11. The molecule has 0 radical (unpaired) electrons. The van der Waals surface area contributed by atoms with Gasteiger partial charge in [-0.3, -0.25) is 4.90 Å². The van der Waals surface area contributed by atoms with Gasteiger partial charge in [-0.05, 0) is 33.0 Å². The van der Waals surface area contributed by atoms with Gasteiger partial charge >= 0.3 is 0 Å². The number of hydrogen-bond donors (Lipinski definition) is 2. The van der Waals surface area contributed by atoms with E-state index < -0.39 is 0 Å². The summed E-state index contributed by atoms with van der Waals surface area (Å²) in [5, 5.41) is 3.43. The Bertz CT molecular complexity index is 148. The summed E-state index contributed by atoms with van der Waals surface area (Å²) in [6, 6.07) is 0.870. The maximum Gasteiger partial charge on any atom is 0.0120 e. The molecule has 0 aromatic rings. The Morgan fingerprint density at radius 1 is 1.00 bits per heavy atom. The van der Waals surface area contributed by atoms with Crippen molar-refractivity contribution in [1.29, 1.82) is 0 Å². The standard InChI is InChI=1S/C10H21N3.H3N/c1-12-6-8-13(9-7-12)10-2-4-11-5-3-10;/h10-11H,2-9H2,1H3;1H3. The van der Waals surface area contributed by atoms with E-state index in [1.807, 2.05) is 0 Å². The number of piperidine rings is 1. The second-order valence-electron chi connectivity index (χ2n) is 4.32. The predicted molar refractivity (Wildman–Crippen MR) is 60.0 cm³/mol. The summed E-state index contributed by atoms with van der Waals surface area (Å²) in [7, 11) is 2.22. The van der Waals surface area contributed by atoms with Gasteiger partial charge in [0.1, 0.15) is 0 Å². The van der Waals surface area contributed by atoms with Crippen LogP contribution < -0.4 is 11.5 Å². The molecule has 84 valence electrons. The highest BCUT2D eigenvalue weighted by molar-refractivity contribution is 4.81. The lowest BCUT2D eigenvalue weighted by Crippen LogP contribution is -2.51. The molecule has 2 aliphatic heterocycles. The monoisotopic (exact) mass is 200 g/mol. The third kappa shape index (κ3) is 2.92. The van der Waals surface area contributed by atoms with Gasteiger partial charge in [-0.25, -0.2) is 0 Å².